The molecule has 1 aromatic rings. The molecular formula is C22H33NO2S. The molecule has 0 unspecified atom stereocenters. The third-order valence-corrected chi connectivity index (χ3v) is 8.55. The molecule has 144 valence electrons. The maximum Gasteiger partial charge on any atom is 0.243 e. The fourth-order valence-electron chi connectivity index (χ4n) is 4.68. The first-order chi connectivity index (χ1) is 12.0. The van der Waals surface area contributed by atoms with Crippen molar-refractivity contribution in [2.45, 2.75) is 76.7 Å². The van der Waals surface area contributed by atoms with Gasteiger partial charge in [0.1, 0.15) is 0 Å². The number of rotatable bonds is 2. The summed E-state index contributed by atoms with van der Waals surface area (Å²) in [6.45, 7) is 13.5. The van der Waals surface area contributed by atoms with Gasteiger partial charge in [-0.05, 0) is 68.9 Å². The number of hydrogen-bond donors (Lipinski definition) is 0. The third-order valence-electron chi connectivity index (χ3n) is 6.59. The summed E-state index contributed by atoms with van der Waals surface area (Å²) >= 11 is 0. The van der Waals surface area contributed by atoms with Crippen molar-refractivity contribution < 1.29 is 8.42 Å². The minimum atomic E-state index is -3.50. The van der Waals surface area contributed by atoms with Crippen LogP contribution in [0.4, 0.5) is 0 Å². The Hall–Kier alpha value is -1.13. The van der Waals surface area contributed by atoms with Gasteiger partial charge in [0.05, 0.1) is 4.90 Å². The van der Waals surface area contributed by atoms with Crippen molar-refractivity contribution >= 4 is 10.0 Å². The molecule has 0 aromatic heterocycles. The van der Waals surface area contributed by atoms with Crippen LogP contribution in [0.5, 0.6) is 0 Å². The van der Waals surface area contributed by atoms with Crippen LogP contribution in [0.25, 0.3) is 0 Å². The summed E-state index contributed by atoms with van der Waals surface area (Å²) in [7, 11) is -3.50. The van der Waals surface area contributed by atoms with Crippen LogP contribution in [-0.4, -0.2) is 24.8 Å². The average Bonchev–Trinajstić information content (AvgIpc) is 2.57. The van der Waals surface area contributed by atoms with E-state index in [0.29, 0.717) is 22.8 Å². The summed E-state index contributed by atoms with van der Waals surface area (Å²) in [4.78, 5) is 0.412. The van der Waals surface area contributed by atoms with Crippen molar-refractivity contribution in [3.05, 3.63) is 42.0 Å². The Morgan fingerprint density at radius 2 is 1.65 bits per heavy atom. The fourth-order valence-corrected chi connectivity index (χ4v) is 6.55. The van der Waals surface area contributed by atoms with Gasteiger partial charge >= 0.3 is 0 Å². The minimum Gasteiger partial charge on any atom is -0.207 e. The molecule has 1 saturated heterocycles. The molecule has 3 rings (SSSR count). The molecule has 1 spiro atoms. The smallest absolute Gasteiger partial charge is 0.207 e. The van der Waals surface area contributed by atoms with E-state index in [1.807, 2.05) is 19.1 Å². The lowest BCUT2D eigenvalue weighted by molar-refractivity contribution is 0.0531. The number of benzene rings is 1. The molecule has 26 heavy (non-hydrogen) atoms. The van der Waals surface area contributed by atoms with Gasteiger partial charge in [0.25, 0.3) is 0 Å². The lowest BCUT2D eigenvalue weighted by Gasteiger charge is -2.51. The van der Waals surface area contributed by atoms with Crippen LogP contribution in [0.2, 0.25) is 0 Å². The van der Waals surface area contributed by atoms with Crippen molar-refractivity contribution in [2.24, 2.45) is 11.3 Å². The first-order valence-electron chi connectivity index (χ1n) is 9.81. The second-order valence-electron chi connectivity index (χ2n) is 9.44. The number of nitrogens with zero attached hydrogens (tertiary/aromatic N) is 1. The highest BCUT2D eigenvalue weighted by Gasteiger charge is 2.49. The Kier molecular flexibility index (Phi) is 5.13. The molecule has 1 aliphatic heterocycles. The van der Waals surface area contributed by atoms with Crippen LogP contribution in [0.15, 0.2) is 41.3 Å². The zero-order valence-corrected chi connectivity index (χ0v) is 17.5. The topological polar surface area (TPSA) is 37.4 Å². The van der Waals surface area contributed by atoms with E-state index < -0.39 is 10.0 Å². The van der Waals surface area contributed by atoms with E-state index in [1.54, 1.807) is 16.4 Å². The van der Waals surface area contributed by atoms with E-state index in [2.05, 4.69) is 27.4 Å². The highest BCUT2D eigenvalue weighted by Crippen LogP contribution is 2.49. The minimum absolute atomic E-state index is 0.230. The maximum atomic E-state index is 13.5. The van der Waals surface area contributed by atoms with E-state index >= 15 is 0 Å². The lowest BCUT2D eigenvalue weighted by Crippen LogP contribution is -2.56. The van der Waals surface area contributed by atoms with E-state index in [-0.39, 0.29) is 5.54 Å². The molecule has 0 radical (unpaired) electrons. The molecular weight excluding hydrogens is 342 g/mol. The van der Waals surface area contributed by atoms with E-state index in [9.17, 15) is 8.42 Å². The van der Waals surface area contributed by atoms with E-state index in [1.165, 1.54) is 0 Å². The molecule has 1 heterocycles. The molecule has 1 aliphatic carbocycles. The second kappa shape index (κ2) is 6.79. The Balaban J connectivity index is 1.92. The standard InChI is InChI=1S/C22H33NO2S/c1-17-6-8-20(9-7-17)26(24,25)23-16-18(2)10-13-22(23)14-11-19(12-15-22)21(3,4)5/h6-9,19H,2,10-16H2,1,3-5H3. The van der Waals surface area contributed by atoms with Crippen LogP contribution >= 0.6 is 0 Å². The van der Waals surface area contributed by atoms with Gasteiger partial charge < -0.3 is 0 Å². The molecule has 2 fully saturated rings. The van der Waals surface area contributed by atoms with Crippen molar-refractivity contribution in [3.63, 3.8) is 0 Å². The zero-order valence-electron chi connectivity index (χ0n) is 16.7. The third kappa shape index (κ3) is 3.63. The Bertz CT molecular complexity index is 763. The van der Waals surface area contributed by atoms with Gasteiger partial charge in [-0.15, -0.1) is 0 Å². The first kappa shape index (κ1) is 19.6. The van der Waals surface area contributed by atoms with Crippen molar-refractivity contribution in [1.82, 2.24) is 4.31 Å². The van der Waals surface area contributed by atoms with Gasteiger partial charge in [-0.1, -0.05) is 50.6 Å². The summed E-state index contributed by atoms with van der Waals surface area (Å²) in [6, 6.07) is 7.26. The Morgan fingerprint density at radius 1 is 1.08 bits per heavy atom. The van der Waals surface area contributed by atoms with Crippen molar-refractivity contribution in [1.29, 1.82) is 0 Å². The van der Waals surface area contributed by atoms with Gasteiger partial charge in [0.2, 0.25) is 10.0 Å². The molecule has 1 saturated carbocycles. The molecule has 0 amide bonds. The van der Waals surface area contributed by atoms with Crippen LogP contribution < -0.4 is 0 Å². The highest BCUT2D eigenvalue weighted by atomic mass is 32.2. The molecule has 1 aromatic carbocycles. The van der Waals surface area contributed by atoms with Gasteiger partial charge in [-0.3, -0.25) is 0 Å². The van der Waals surface area contributed by atoms with Gasteiger partial charge in [-0.25, -0.2) is 8.42 Å². The number of hydrogen-bond acceptors (Lipinski definition) is 2. The van der Waals surface area contributed by atoms with Crippen LogP contribution in [0.1, 0.15) is 64.9 Å². The summed E-state index contributed by atoms with van der Waals surface area (Å²) in [5.74, 6) is 0.669. The number of aryl methyl sites for hydroxylation is 1. The van der Waals surface area contributed by atoms with Crippen molar-refractivity contribution in [2.75, 3.05) is 6.54 Å². The predicted molar refractivity (Wildman–Crippen MR) is 108 cm³/mol. The lowest BCUT2D eigenvalue weighted by atomic mass is 9.65. The second-order valence-corrected chi connectivity index (χ2v) is 11.3. The maximum absolute atomic E-state index is 13.5. The largest absolute Gasteiger partial charge is 0.243 e. The van der Waals surface area contributed by atoms with Crippen molar-refractivity contribution in [3.8, 4) is 0 Å². The van der Waals surface area contributed by atoms with Crippen LogP contribution in [0.3, 0.4) is 0 Å². The number of sulfonamides is 1. The quantitative estimate of drug-likeness (QED) is 0.657. The molecule has 0 atom stereocenters. The molecule has 2 aliphatic rings. The molecule has 0 bridgehead atoms. The summed E-state index contributed by atoms with van der Waals surface area (Å²) in [5, 5.41) is 0. The summed E-state index contributed by atoms with van der Waals surface area (Å²) in [5.41, 5.74) is 2.17. The SMILES string of the molecule is C=C1CCC2(CCC(C(C)(C)C)CC2)N(S(=O)(=O)c2ccc(C)cc2)C1. The normalized spacial score (nSPS) is 28.5. The Morgan fingerprint density at radius 3 is 2.19 bits per heavy atom. The zero-order chi connectivity index (χ0) is 19.2. The van der Waals surface area contributed by atoms with E-state index in [0.717, 1.165) is 49.7 Å². The molecule has 3 nitrogen and oxygen atoms in total. The molecule has 0 N–H and O–H groups in total. The van der Waals surface area contributed by atoms with Crippen LogP contribution in [0, 0.1) is 18.3 Å². The predicted octanol–water partition coefficient (Wildman–Crippen LogP) is 5.31. The van der Waals surface area contributed by atoms with Gasteiger partial charge in [0, 0.05) is 12.1 Å². The fraction of sp³-hybridized carbons (Fsp3) is 0.636. The monoisotopic (exact) mass is 375 g/mol. The summed E-state index contributed by atoms with van der Waals surface area (Å²) < 4.78 is 28.8. The summed E-state index contributed by atoms with van der Waals surface area (Å²) in [6.07, 6.45) is 6.00. The van der Waals surface area contributed by atoms with Gasteiger partial charge in [-0.2, -0.15) is 4.31 Å². The van der Waals surface area contributed by atoms with Gasteiger partial charge in [0.15, 0.2) is 0 Å². The average molecular weight is 376 g/mol. The molecule has 4 heteroatoms. The number of piperidine rings is 1. The van der Waals surface area contributed by atoms with Crippen LogP contribution in [-0.2, 0) is 10.0 Å². The Labute approximate surface area is 159 Å². The highest BCUT2D eigenvalue weighted by molar-refractivity contribution is 7.89. The first-order valence-corrected chi connectivity index (χ1v) is 11.2. The van der Waals surface area contributed by atoms with E-state index in [4.69, 9.17) is 0 Å².